The summed E-state index contributed by atoms with van der Waals surface area (Å²) in [4.78, 5) is 26.5. The van der Waals surface area contributed by atoms with Crippen molar-refractivity contribution >= 4 is 17.6 Å². The third-order valence-electron chi connectivity index (χ3n) is 8.96. The maximum absolute atomic E-state index is 14.4. The normalized spacial score (nSPS) is 13.1. The molecule has 2 unspecified atom stereocenters. The molecule has 0 bridgehead atoms. The van der Waals surface area contributed by atoms with Gasteiger partial charge in [-0.3, -0.25) is 4.79 Å². The lowest BCUT2D eigenvalue weighted by Gasteiger charge is -2.28. The molecule has 0 aliphatic heterocycles. The van der Waals surface area contributed by atoms with E-state index in [1.807, 2.05) is 98.8 Å². The molecule has 1 amide bonds. The second-order valence-corrected chi connectivity index (χ2v) is 12.8. The molecule has 260 valence electrons. The van der Waals surface area contributed by atoms with Crippen LogP contribution >= 0.6 is 0 Å². The number of rotatable bonds is 15. The molecule has 0 saturated carbocycles. The van der Waals surface area contributed by atoms with Crippen LogP contribution in [0.5, 0.6) is 5.75 Å². The Bertz CT molecular complexity index is 1890. The van der Waals surface area contributed by atoms with Gasteiger partial charge in [-0.25, -0.2) is 9.18 Å². The quantitative estimate of drug-likeness (QED) is 0.115. The van der Waals surface area contributed by atoms with Crippen LogP contribution in [0.15, 0.2) is 109 Å². The fraction of sp³-hybridized carbons (Fsp3) is 0.286. The van der Waals surface area contributed by atoms with E-state index in [4.69, 9.17) is 9.47 Å². The van der Waals surface area contributed by atoms with Crippen LogP contribution in [0.2, 0.25) is 0 Å². The van der Waals surface area contributed by atoms with Crippen molar-refractivity contribution in [3.63, 3.8) is 0 Å². The number of aliphatic carboxylic acids is 1. The lowest BCUT2D eigenvalue weighted by atomic mass is 9.91. The number of amides is 1. The van der Waals surface area contributed by atoms with Crippen LogP contribution in [0.25, 0.3) is 22.4 Å². The molecule has 0 spiro atoms. The number of nitrogens with one attached hydrogen (secondary N) is 1. The van der Waals surface area contributed by atoms with E-state index in [0.29, 0.717) is 30.0 Å². The molecule has 50 heavy (non-hydrogen) atoms. The number of halogens is 1. The average Bonchev–Trinajstić information content (AvgIpc) is 3.49. The molecule has 2 N–H and O–H groups in total. The lowest BCUT2D eigenvalue weighted by Crippen LogP contribution is -2.43. The van der Waals surface area contributed by atoms with Gasteiger partial charge in [0.1, 0.15) is 18.2 Å². The maximum Gasteiger partial charge on any atom is 0.336 e. The first-order valence-electron chi connectivity index (χ1n) is 17.1. The Morgan fingerprint density at radius 1 is 0.840 bits per heavy atom. The van der Waals surface area contributed by atoms with E-state index in [-0.39, 0.29) is 36.7 Å². The fourth-order valence-electron chi connectivity index (χ4n) is 6.52. The van der Waals surface area contributed by atoms with Crippen LogP contribution < -0.4 is 10.1 Å². The second-order valence-electron chi connectivity index (χ2n) is 12.8. The standard InChI is InChI=1S/C42H45FN2O5/c1-6-42(41(47)48,50-7-2)26-30-18-24-35(25-19-30)49-27-29(5)45-38(28(3)4)37(40(46)44-34-16-12-9-13-17-34)36(31-14-10-8-11-15-31)39(45)32-20-22-33(43)23-21-32/h8-25,28-29H,6-7,26-27H2,1-5H3,(H,44,46)(H,47,48). The van der Waals surface area contributed by atoms with E-state index in [1.165, 1.54) is 12.1 Å². The van der Waals surface area contributed by atoms with Gasteiger partial charge in [0.05, 0.1) is 17.3 Å². The summed E-state index contributed by atoms with van der Waals surface area (Å²) in [6.45, 7) is 10.4. The second kappa shape index (κ2) is 16.0. The number of ether oxygens (including phenoxy) is 2. The highest BCUT2D eigenvalue weighted by atomic mass is 19.1. The van der Waals surface area contributed by atoms with Gasteiger partial charge in [0.15, 0.2) is 5.60 Å². The molecule has 0 fully saturated rings. The molecule has 5 aromatic rings. The van der Waals surface area contributed by atoms with Crippen LogP contribution in [0.4, 0.5) is 10.1 Å². The summed E-state index contributed by atoms with van der Waals surface area (Å²) in [5.74, 6) is -1.00. The molecular formula is C42H45FN2O5. The third-order valence-corrected chi connectivity index (χ3v) is 8.96. The zero-order valence-corrected chi connectivity index (χ0v) is 29.3. The number of anilines is 1. The zero-order valence-electron chi connectivity index (χ0n) is 29.3. The number of aromatic nitrogens is 1. The van der Waals surface area contributed by atoms with Crippen LogP contribution in [-0.2, 0) is 16.0 Å². The van der Waals surface area contributed by atoms with Crippen molar-refractivity contribution in [3.8, 4) is 28.1 Å². The van der Waals surface area contributed by atoms with Crippen LogP contribution in [0.1, 0.15) is 74.6 Å². The molecule has 7 nitrogen and oxygen atoms in total. The summed E-state index contributed by atoms with van der Waals surface area (Å²) < 4.78 is 28.5. The molecule has 1 heterocycles. The van der Waals surface area contributed by atoms with Crippen LogP contribution in [0.3, 0.4) is 0 Å². The van der Waals surface area contributed by atoms with Crippen molar-refractivity contribution in [1.82, 2.24) is 4.57 Å². The Hall–Kier alpha value is -5.21. The highest BCUT2D eigenvalue weighted by Gasteiger charge is 2.38. The summed E-state index contributed by atoms with van der Waals surface area (Å²) >= 11 is 0. The molecule has 0 aliphatic carbocycles. The summed E-state index contributed by atoms with van der Waals surface area (Å²) in [5.41, 5.74) is 4.81. The smallest absolute Gasteiger partial charge is 0.336 e. The first-order valence-corrected chi connectivity index (χ1v) is 17.1. The van der Waals surface area contributed by atoms with Gasteiger partial charge >= 0.3 is 5.97 Å². The highest BCUT2D eigenvalue weighted by Crippen LogP contribution is 2.44. The van der Waals surface area contributed by atoms with Gasteiger partial charge in [0.25, 0.3) is 5.91 Å². The van der Waals surface area contributed by atoms with Crippen molar-refractivity contribution in [2.75, 3.05) is 18.5 Å². The number of carboxylic acids is 1. The van der Waals surface area contributed by atoms with Gasteiger partial charge in [-0.2, -0.15) is 0 Å². The monoisotopic (exact) mass is 676 g/mol. The van der Waals surface area contributed by atoms with Crippen molar-refractivity contribution in [1.29, 1.82) is 0 Å². The molecule has 0 aliphatic rings. The number of benzene rings is 4. The molecule has 2 atom stereocenters. The highest BCUT2D eigenvalue weighted by molar-refractivity contribution is 6.12. The van der Waals surface area contributed by atoms with Crippen molar-refractivity contribution < 1.29 is 28.6 Å². The molecule has 8 heteroatoms. The SMILES string of the molecule is CCOC(CC)(Cc1ccc(OCC(C)n2c(-c3ccc(F)cc3)c(-c3ccccc3)c(C(=O)Nc3ccccc3)c2C(C)C)cc1)C(=O)O. The van der Waals surface area contributed by atoms with Crippen molar-refractivity contribution in [3.05, 3.63) is 132 Å². The Morgan fingerprint density at radius 2 is 1.46 bits per heavy atom. The van der Waals surface area contributed by atoms with E-state index in [1.54, 1.807) is 19.1 Å². The topological polar surface area (TPSA) is 89.8 Å². The Kier molecular flexibility index (Phi) is 11.5. The number of hydrogen-bond donors (Lipinski definition) is 2. The largest absolute Gasteiger partial charge is 0.491 e. The first-order chi connectivity index (χ1) is 24.1. The minimum absolute atomic E-state index is 0.0664. The third kappa shape index (κ3) is 7.81. The van der Waals surface area contributed by atoms with E-state index in [9.17, 15) is 19.1 Å². The van der Waals surface area contributed by atoms with Gasteiger partial charge in [-0.15, -0.1) is 0 Å². The molecule has 0 saturated heterocycles. The minimum atomic E-state index is -1.29. The average molecular weight is 677 g/mol. The number of carboxylic acid groups (broad SMARTS) is 1. The van der Waals surface area contributed by atoms with E-state index < -0.39 is 11.6 Å². The zero-order chi connectivity index (χ0) is 35.8. The number of nitrogens with zero attached hydrogens (tertiary/aromatic N) is 1. The number of hydrogen-bond acceptors (Lipinski definition) is 4. The summed E-state index contributed by atoms with van der Waals surface area (Å²) in [6.07, 6.45) is 0.579. The summed E-state index contributed by atoms with van der Waals surface area (Å²) in [7, 11) is 0. The summed E-state index contributed by atoms with van der Waals surface area (Å²) in [6, 6.07) is 32.7. The molecule has 5 rings (SSSR count). The predicted molar refractivity (Wildman–Crippen MR) is 196 cm³/mol. The van der Waals surface area contributed by atoms with Gasteiger partial charge < -0.3 is 24.5 Å². The molecule has 0 radical (unpaired) electrons. The molecule has 1 aromatic heterocycles. The van der Waals surface area contributed by atoms with Gasteiger partial charge in [0.2, 0.25) is 0 Å². The number of carbonyl (C=O) groups excluding carboxylic acids is 1. The fourth-order valence-corrected chi connectivity index (χ4v) is 6.52. The number of para-hydroxylation sites is 1. The molecule has 4 aromatic carbocycles. The Labute approximate surface area is 293 Å². The van der Waals surface area contributed by atoms with Gasteiger partial charge in [0, 0.05) is 30.0 Å². The van der Waals surface area contributed by atoms with Gasteiger partial charge in [-0.1, -0.05) is 81.4 Å². The Morgan fingerprint density at radius 3 is 2.02 bits per heavy atom. The van der Waals surface area contributed by atoms with E-state index >= 15 is 0 Å². The lowest BCUT2D eigenvalue weighted by molar-refractivity contribution is -0.166. The van der Waals surface area contributed by atoms with Crippen molar-refractivity contribution in [2.45, 2.75) is 65.0 Å². The first kappa shape index (κ1) is 36.1. The van der Waals surface area contributed by atoms with Crippen LogP contribution in [0, 0.1) is 5.82 Å². The summed E-state index contributed by atoms with van der Waals surface area (Å²) in [5, 5.41) is 13.0. The van der Waals surface area contributed by atoms with E-state index in [2.05, 4.69) is 23.7 Å². The maximum atomic E-state index is 14.4. The van der Waals surface area contributed by atoms with Crippen LogP contribution in [-0.4, -0.2) is 40.4 Å². The Balaban J connectivity index is 1.57. The predicted octanol–water partition coefficient (Wildman–Crippen LogP) is 9.79. The van der Waals surface area contributed by atoms with Gasteiger partial charge in [-0.05, 0) is 91.4 Å². The minimum Gasteiger partial charge on any atom is -0.491 e. The van der Waals surface area contributed by atoms with E-state index in [0.717, 1.165) is 33.6 Å². The number of carbonyl (C=O) groups is 2. The van der Waals surface area contributed by atoms with Crippen molar-refractivity contribution in [2.24, 2.45) is 0 Å². The molecular weight excluding hydrogens is 631 g/mol.